The predicted molar refractivity (Wildman–Crippen MR) is 112 cm³/mol. The molecule has 1 aromatic carbocycles. The number of aryl methyl sites for hydroxylation is 1. The van der Waals surface area contributed by atoms with Crippen molar-refractivity contribution in [2.75, 3.05) is 0 Å². The molecule has 1 saturated heterocycles. The van der Waals surface area contributed by atoms with E-state index in [1.165, 1.54) is 38.5 Å². The summed E-state index contributed by atoms with van der Waals surface area (Å²) < 4.78 is 10.6. The lowest BCUT2D eigenvalue weighted by Gasteiger charge is -2.26. The molecule has 2 fully saturated rings. The third-order valence-corrected chi connectivity index (χ3v) is 6.15. The second kappa shape index (κ2) is 10.7. The molecule has 3 rings (SSSR count). The Kier molecular flexibility index (Phi) is 8.05. The van der Waals surface area contributed by atoms with Gasteiger partial charge in [0.2, 0.25) is 0 Å². The summed E-state index contributed by atoms with van der Waals surface area (Å²) in [7, 11) is 0. The Balaban J connectivity index is 1.45. The van der Waals surface area contributed by atoms with Crippen LogP contribution in [-0.4, -0.2) is 34.4 Å². The number of rotatable bonds is 9. The van der Waals surface area contributed by atoms with E-state index < -0.39 is 30.4 Å². The third-order valence-electron chi connectivity index (χ3n) is 6.15. The number of carbonyl (C=O) groups is 2. The van der Waals surface area contributed by atoms with Crippen molar-refractivity contribution < 1.29 is 29.3 Å². The van der Waals surface area contributed by atoms with Gasteiger partial charge in [-0.05, 0) is 55.9 Å². The minimum absolute atomic E-state index is 0.619. The molecule has 1 aliphatic carbocycles. The molecule has 2 N–H and O–H groups in total. The molecule has 1 aromatic rings. The minimum Gasteiger partial charge on any atom is -0.479 e. The molecule has 164 valence electrons. The average molecular weight is 417 g/mol. The quantitative estimate of drug-likeness (QED) is 0.565. The van der Waals surface area contributed by atoms with Gasteiger partial charge in [0.25, 0.3) is 0 Å². The lowest BCUT2D eigenvalue weighted by molar-refractivity contribution is -0.156. The Morgan fingerprint density at radius 1 is 1.00 bits per heavy atom. The van der Waals surface area contributed by atoms with Gasteiger partial charge in [0.05, 0.1) is 0 Å². The van der Waals surface area contributed by atoms with Crippen LogP contribution in [0.5, 0.6) is 0 Å². The van der Waals surface area contributed by atoms with Crippen LogP contribution in [-0.2, 0) is 25.5 Å². The molecule has 0 radical (unpaired) electrons. The van der Waals surface area contributed by atoms with E-state index in [9.17, 15) is 9.59 Å². The van der Waals surface area contributed by atoms with E-state index in [1.807, 2.05) is 24.3 Å². The molecule has 1 saturated carbocycles. The highest BCUT2D eigenvalue weighted by molar-refractivity contribution is 5.84. The van der Waals surface area contributed by atoms with Crippen molar-refractivity contribution in [3.05, 3.63) is 47.5 Å². The lowest BCUT2D eigenvalue weighted by Crippen LogP contribution is -2.36. The van der Waals surface area contributed by atoms with Crippen LogP contribution in [0.15, 0.2) is 36.4 Å². The molecule has 0 unspecified atom stereocenters. The topological polar surface area (TPSA) is 93.1 Å². The minimum atomic E-state index is -1.51. The first-order chi connectivity index (χ1) is 14.5. The standard InChI is InChI=1S/C24H32O6/c1-2-5-16-8-10-17(11-9-16)6-3-4-7-18-12-14-19(15-13-18)24-29-20(22(25)26)21(30-24)23(27)28/h3,6,12-17,20-21,24H,2,4-5,7-11H2,1H3,(H,25,26)(H,27,28)/t16-,17-,20-,21-/m1/s1. The second-order valence-corrected chi connectivity index (χ2v) is 8.40. The van der Waals surface area contributed by atoms with Gasteiger partial charge in [-0.15, -0.1) is 0 Å². The number of benzene rings is 1. The molecule has 0 amide bonds. The van der Waals surface area contributed by atoms with Crippen molar-refractivity contribution in [3.63, 3.8) is 0 Å². The van der Waals surface area contributed by atoms with Gasteiger partial charge in [0.15, 0.2) is 18.5 Å². The first-order valence-corrected chi connectivity index (χ1v) is 11.0. The van der Waals surface area contributed by atoms with E-state index in [-0.39, 0.29) is 0 Å². The number of carboxylic acids is 2. The number of carboxylic acid groups (broad SMARTS) is 2. The Morgan fingerprint density at radius 2 is 1.60 bits per heavy atom. The Labute approximate surface area is 177 Å². The van der Waals surface area contributed by atoms with Gasteiger partial charge in [0.1, 0.15) is 0 Å². The summed E-state index contributed by atoms with van der Waals surface area (Å²) in [6.45, 7) is 2.27. The van der Waals surface area contributed by atoms with Crippen LogP contribution in [0.2, 0.25) is 0 Å². The molecule has 6 nitrogen and oxygen atoms in total. The molecule has 0 spiro atoms. The molecule has 2 aliphatic rings. The fraction of sp³-hybridized carbons (Fsp3) is 0.583. The fourth-order valence-corrected chi connectivity index (χ4v) is 4.43. The zero-order valence-corrected chi connectivity index (χ0v) is 17.5. The van der Waals surface area contributed by atoms with E-state index in [4.69, 9.17) is 19.7 Å². The lowest BCUT2D eigenvalue weighted by atomic mass is 9.80. The van der Waals surface area contributed by atoms with Crippen LogP contribution in [0.25, 0.3) is 0 Å². The molecular formula is C24H32O6. The number of ether oxygens (including phenoxy) is 2. The average Bonchev–Trinajstić information content (AvgIpc) is 3.19. The number of hydrogen-bond donors (Lipinski definition) is 2. The zero-order chi connectivity index (χ0) is 21.5. The summed E-state index contributed by atoms with van der Waals surface area (Å²) in [5.74, 6) is -1.02. The van der Waals surface area contributed by atoms with E-state index in [0.29, 0.717) is 5.56 Å². The summed E-state index contributed by atoms with van der Waals surface area (Å²) in [6, 6.07) is 7.52. The highest BCUT2D eigenvalue weighted by Gasteiger charge is 2.46. The molecule has 30 heavy (non-hydrogen) atoms. The van der Waals surface area contributed by atoms with Gasteiger partial charge >= 0.3 is 11.9 Å². The van der Waals surface area contributed by atoms with Gasteiger partial charge in [0, 0.05) is 5.56 Å². The van der Waals surface area contributed by atoms with E-state index in [0.717, 1.165) is 30.2 Å². The van der Waals surface area contributed by atoms with E-state index >= 15 is 0 Å². The summed E-state index contributed by atoms with van der Waals surface area (Å²) in [5.41, 5.74) is 1.78. The number of allylic oxidation sites excluding steroid dienone is 2. The van der Waals surface area contributed by atoms with Crippen molar-refractivity contribution >= 4 is 11.9 Å². The normalized spacial score (nSPS) is 27.5. The largest absolute Gasteiger partial charge is 0.479 e. The SMILES string of the molecule is CCC[C@H]1CC[C@H](C=CCCc2ccc(C3O[C@@H](C(=O)O)[C@H](C(=O)O)O3)cc2)CC1. The van der Waals surface area contributed by atoms with Crippen LogP contribution in [0.3, 0.4) is 0 Å². The first-order valence-electron chi connectivity index (χ1n) is 11.0. The van der Waals surface area contributed by atoms with E-state index in [1.54, 1.807) is 0 Å². The molecule has 0 bridgehead atoms. The van der Waals surface area contributed by atoms with Crippen molar-refractivity contribution in [2.45, 2.75) is 76.8 Å². The van der Waals surface area contributed by atoms with Crippen LogP contribution in [0.1, 0.15) is 69.3 Å². The maximum absolute atomic E-state index is 11.2. The van der Waals surface area contributed by atoms with E-state index in [2.05, 4.69) is 19.1 Å². The van der Waals surface area contributed by atoms with Crippen molar-refractivity contribution in [2.24, 2.45) is 11.8 Å². The van der Waals surface area contributed by atoms with Crippen molar-refractivity contribution in [1.29, 1.82) is 0 Å². The van der Waals surface area contributed by atoms with Gasteiger partial charge < -0.3 is 19.7 Å². The molecule has 1 aliphatic heterocycles. The van der Waals surface area contributed by atoms with Crippen LogP contribution in [0, 0.1) is 11.8 Å². The molecule has 1 heterocycles. The highest BCUT2D eigenvalue weighted by Crippen LogP contribution is 2.33. The number of aliphatic carboxylic acids is 2. The van der Waals surface area contributed by atoms with Crippen LogP contribution in [0.4, 0.5) is 0 Å². The Morgan fingerprint density at radius 3 is 2.13 bits per heavy atom. The van der Waals surface area contributed by atoms with Gasteiger partial charge in [-0.1, -0.05) is 56.2 Å². The molecule has 0 aromatic heterocycles. The Bertz CT molecular complexity index is 711. The van der Waals surface area contributed by atoms with Gasteiger partial charge in [-0.25, -0.2) is 9.59 Å². The van der Waals surface area contributed by atoms with Gasteiger partial charge in [-0.3, -0.25) is 0 Å². The zero-order valence-electron chi connectivity index (χ0n) is 17.5. The second-order valence-electron chi connectivity index (χ2n) is 8.40. The third kappa shape index (κ3) is 5.92. The molecular weight excluding hydrogens is 384 g/mol. The maximum Gasteiger partial charge on any atom is 0.336 e. The summed E-state index contributed by atoms with van der Waals surface area (Å²) in [5, 5.41) is 18.2. The number of hydrogen-bond acceptors (Lipinski definition) is 4. The first kappa shape index (κ1) is 22.5. The van der Waals surface area contributed by atoms with Crippen LogP contribution >= 0.6 is 0 Å². The maximum atomic E-state index is 11.2. The molecule has 2 atom stereocenters. The Hall–Kier alpha value is -2.18. The van der Waals surface area contributed by atoms with Crippen LogP contribution < -0.4 is 0 Å². The van der Waals surface area contributed by atoms with Gasteiger partial charge in [-0.2, -0.15) is 0 Å². The smallest absolute Gasteiger partial charge is 0.336 e. The summed E-state index contributed by atoms with van der Waals surface area (Å²) in [6.07, 6.45) is 10.6. The summed E-state index contributed by atoms with van der Waals surface area (Å²) >= 11 is 0. The highest BCUT2D eigenvalue weighted by atomic mass is 16.7. The van der Waals surface area contributed by atoms with Crippen molar-refractivity contribution in [1.82, 2.24) is 0 Å². The monoisotopic (exact) mass is 416 g/mol. The molecule has 6 heteroatoms. The fourth-order valence-electron chi connectivity index (χ4n) is 4.43. The van der Waals surface area contributed by atoms with Crippen molar-refractivity contribution in [3.8, 4) is 0 Å². The predicted octanol–water partition coefficient (Wildman–Crippen LogP) is 4.73. The summed E-state index contributed by atoms with van der Waals surface area (Å²) in [4.78, 5) is 22.4.